The summed E-state index contributed by atoms with van der Waals surface area (Å²) < 4.78 is 10.8. The van der Waals surface area contributed by atoms with Gasteiger partial charge in [-0.3, -0.25) is 9.59 Å². The van der Waals surface area contributed by atoms with Crippen LogP contribution in [0.25, 0.3) is 0 Å². The summed E-state index contributed by atoms with van der Waals surface area (Å²) in [4.78, 5) is 26.9. The zero-order chi connectivity index (χ0) is 21.9. The number of likely N-dealkylation sites (N-methyl/N-ethyl adjacent to an activating group) is 1. The first-order valence-electron chi connectivity index (χ1n) is 10.0. The molecule has 0 aliphatic carbocycles. The Morgan fingerprint density at radius 3 is 2.47 bits per heavy atom. The fourth-order valence-corrected chi connectivity index (χ4v) is 3.18. The number of nitrogens with zero attached hydrogens (tertiary/aromatic N) is 1. The molecule has 2 amide bonds. The van der Waals surface area contributed by atoms with E-state index in [1.54, 1.807) is 31.1 Å². The Bertz CT molecular complexity index is 826. The molecule has 0 heterocycles. The summed E-state index contributed by atoms with van der Waals surface area (Å²) in [5.74, 6) is 1.19. The maximum atomic E-state index is 12.9. The van der Waals surface area contributed by atoms with Crippen LogP contribution in [0.1, 0.15) is 32.3 Å². The van der Waals surface area contributed by atoms with Crippen LogP contribution in [0.3, 0.4) is 0 Å². The van der Waals surface area contributed by atoms with Crippen molar-refractivity contribution in [2.45, 2.75) is 39.3 Å². The third kappa shape index (κ3) is 7.26. The van der Waals surface area contributed by atoms with E-state index in [-0.39, 0.29) is 18.2 Å². The van der Waals surface area contributed by atoms with Gasteiger partial charge < -0.3 is 19.7 Å². The standard InChI is InChI=1S/C23H29ClN2O4/c1-4-25-23(28)17(2)26(16-18-7-5-8-19(24)15-18)22(27)9-6-14-30-21-12-10-20(29-3)11-13-21/h5,7-8,10-13,15,17H,4,6,9,14,16H2,1-3H3,(H,25,28)/t17-/m1/s1. The van der Waals surface area contributed by atoms with Crippen LogP contribution in [0.5, 0.6) is 11.5 Å². The van der Waals surface area contributed by atoms with Gasteiger partial charge in [0, 0.05) is 24.5 Å². The number of hydrogen-bond acceptors (Lipinski definition) is 4. The van der Waals surface area contributed by atoms with Crippen molar-refractivity contribution in [2.75, 3.05) is 20.3 Å². The van der Waals surface area contributed by atoms with Gasteiger partial charge in [-0.05, 0) is 62.2 Å². The van der Waals surface area contributed by atoms with E-state index in [0.29, 0.717) is 31.1 Å². The van der Waals surface area contributed by atoms with Crippen molar-refractivity contribution in [1.82, 2.24) is 10.2 Å². The molecular formula is C23H29ClN2O4. The Kier molecular flexibility index (Phi) is 9.48. The second kappa shape index (κ2) is 12.1. The third-order valence-corrected chi connectivity index (χ3v) is 4.86. The first-order valence-corrected chi connectivity index (χ1v) is 10.4. The van der Waals surface area contributed by atoms with Crippen molar-refractivity contribution < 1.29 is 19.1 Å². The van der Waals surface area contributed by atoms with Crippen molar-refractivity contribution in [3.05, 3.63) is 59.1 Å². The molecule has 2 aromatic rings. The lowest BCUT2D eigenvalue weighted by Gasteiger charge is -2.29. The van der Waals surface area contributed by atoms with Gasteiger partial charge in [0.25, 0.3) is 0 Å². The number of halogens is 1. The number of carbonyl (C=O) groups excluding carboxylic acids is 2. The maximum absolute atomic E-state index is 12.9. The van der Waals surface area contributed by atoms with Gasteiger partial charge in [-0.15, -0.1) is 0 Å². The molecule has 162 valence electrons. The Balaban J connectivity index is 1.95. The lowest BCUT2D eigenvalue weighted by Crippen LogP contribution is -2.47. The Hall–Kier alpha value is -2.73. The normalized spacial score (nSPS) is 11.5. The number of amides is 2. The van der Waals surface area contributed by atoms with Crippen LogP contribution >= 0.6 is 11.6 Å². The Morgan fingerprint density at radius 1 is 1.13 bits per heavy atom. The van der Waals surface area contributed by atoms with E-state index in [4.69, 9.17) is 21.1 Å². The van der Waals surface area contributed by atoms with E-state index in [0.717, 1.165) is 17.1 Å². The van der Waals surface area contributed by atoms with Crippen molar-refractivity contribution in [2.24, 2.45) is 0 Å². The van der Waals surface area contributed by atoms with Crippen LogP contribution in [-0.2, 0) is 16.1 Å². The second-order valence-electron chi connectivity index (χ2n) is 6.85. The van der Waals surface area contributed by atoms with E-state index >= 15 is 0 Å². The first-order chi connectivity index (χ1) is 14.4. The molecule has 2 aromatic carbocycles. The van der Waals surface area contributed by atoms with Crippen LogP contribution in [0, 0.1) is 0 Å². The number of benzene rings is 2. The predicted octanol–water partition coefficient (Wildman–Crippen LogP) is 4.06. The molecule has 7 heteroatoms. The molecule has 1 atom stereocenters. The second-order valence-corrected chi connectivity index (χ2v) is 7.29. The number of carbonyl (C=O) groups is 2. The monoisotopic (exact) mass is 432 g/mol. The number of rotatable bonds is 11. The van der Waals surface area contributed by atoms with Crippen molar-refractivity contribution >= 4 is 23.4 Å². The zero-order valence-corrected chi connectivity index (χ0v) is 18.4. The van der Waals surface area contributed by atoms with Gasteiger partial charge in [0.1, 0.15) is 17.5 Å². The largest absolute Gasteiger partial charge is 0.497 e. The fraction of sp³-hybridized carbons (Fsp3) is 0.391. The molecule has 30 heavy (non-hydrogen) atoms. The molecule has 0 radical (unpaired) electrons. The fourth-order valence-electron chi connectivity index (χ4n) is 2.97. The highest BCUT2D eigenvalue weighted by atomic mass is 35.5. The van der Waals surface area contributed by atoms with Gasteiger partial charge in [-0.2, -0.15) is 0 Å². The molecule has 6 nitrogen and oxygen atoms in total. The number of ether oxygens (including phenoxy) is 2. The van der Waals surface area contributed by atoms with Crippen molar-refractivity contribution in [3.63, 3.8) is 0 Å². The lowest BCUT2D eigenvalue weighted by molar-refractivity contribution is -0.140. The van der Waals surface area contributed by atoms with Gasteiger partial charge in [-0.1, -0.05) is 23.7 Å². The maximum Gasteiger partial charge on any atom is 0.242 e. The van der Waals surface area contributed by atoms with Crippen molar-refractivity contribution in [1.29, 1.82) is 0 Å². The summed E-state index contributed by atoms with van der Waals surface area (Å²) >= 11 is 6.07. The van der Waals surface area contributed by atoms with Crippen LogP contribution in [0.2, 0.25) is 5.02 Å². The van der Waals surface area contributed by atoms with E-state index in [1.165, 1.54) is 0 Å². The quantitative estimate of drug-likeness (QED) is 0.544. The molecule has 0 aliphatic heterocycles. The summed E-state index contributed by atoms with van der Waals surface area (Å²) in [5.41, 5.74) is 0.876. The molecule has 0 saturated carbocycles. The third-order valence-electron chi connectivity index (χ3n) is 4.62. The molecule has 0 aromatic heterocycles. The molecule has 0 unspecified atom stereocenters. The van der Waals surface area contributed by atoms with E-state index in [9.17, 15) is 9.59 Å². The SMILES string of the molecule is CCNC(=O)[C@@H](C)N(Cc1cccc(Cl)c1)C(=O)CCCOc1ccc(OC)cc1. The topological polar surface area (TPSA) is 67.9 Å². The van der Waals surface area contributed by atoms with Gasteiger partial charge in [0.2, 0.25) is 11.8 Å². The average molecular weight is 433 g/mol. The lowest BCUT2D eigenvalue weighted by atomic mass is 10.1. The summed E-state index contributed by atoms with van der Waals surface area (Å²) in [6.07, 6.45) is 0.819. The summed E-state index contributed by atoms with van der Waals surface area (Å²) in [6, 6.07) is 14.0. The Morgan fingerprint density at radius 2 is 1.83 bits per heavy atom. The predicted molar refractivity (Wildman–Crippen MR) is 118 cm³/mol. The van der Waals surface area contributed by atoms with Crippen LogP contribution in [0.15, 0.2) is 48.5 Å². The van der Waals surface area contributed by atoms with E-state index in [2.05, 4.69) is 5.32 Å². The molecule has 0 saturated heterocycles. The van der Waals surface area contributed by atoms with Gasteiger partial charge in [0.15, 0.2) is 0 Å². The smallest absolute Gasteiger partial charge is 0.242 e. The molecule has 0 aliphatic rings. The van der Waals surface area contributed by atoms with Crippen molar-refractivity contribution in [3.8, 4) is 11.5 Å². The van der Waals surface area contributed by atoms with Gasteiger partial charge in [-0.25, -0.2) is 0 Å². The number of nitrogens with one attached hydrogen (secondary N) is 1. The molecule has 0 fully saturated rings. The summed E-state index contributed by atoms with van der Waals surface area (Å²) in [6.45, 7) is 4.82. The number of methoxy groups -OCH3 is 1. The average Bonchev–Trinajstić information content (AvgIpc) is 2.75. The molecule has 2 rings (SSSR count). The summed E-state index contributed by atoms with van der Waals surface area (Å²) in [5, 5.41) is 3.38. The number of hydrogen-bond donors (Lipinski definition) is 1. The molecular weight excluding hydrogens is 404 g/mol. The highest BCUT2D eigenvalue weighted by Gasteiger charge is 2.25. The molecule has 1 N–H and O–H groups in total. The van der Waals surface area contributed by atoms with Gasteiger partial charge >= 0.3 is 0 Å². The Labute approximate surface area is 183 Å². The highest BCUT2D eigenvalue weighted by Crippen LogP contribution is 2.18. The minimum atomic E-state index is -0.584. The van der Waals surface area contributed by atoms with Gasteiger partial charge in [0.05, 0.1) is 13.7 Å². The minimum Gasteiger partial charge on any atom is -0.497 e. The zero-order valence-electron chi connectivity index (χ0n) is 17.7. The molecule has 0 spiro atoms. The minimum absolute atomic E-state index is 0.105. The van der Waals surface area contributed by atoms with E-state index < -0.39 is 6.04 Å². The highest BCUT2D eigenvalue weighted by molar-refractivity contribution is 6.30. The van der Waals surface area contributed by atoms with Crippen LogP contribution in [-0.4, -0.2) is 43.0 Å². The van der Waals surface area contributed by atoms with E-state index in [1.807, 2.05) is 43.3 Å². The van der Waals surface area contributed by atoms with Crippen LogP contribution < -0.4 is 14.8 Å². The molecule has 0 bridgehead atoms. The summed E-state index contributed by atoms with van der Waals surface area (Å²) in [7, 11) is 1.61. The van der Waals surface area contributed by atoms with Crippen LogP contribution in [0.4, 0.5) is 0 Å². The first kappa shape index (κ1) is 23.5.